The van der Waals surface area contributed by atoms with Crippen LogP contribution in [-0.2, 0) is 17.1 Å². The highest BCUT2D eigenvalue weighted by atomic mass is 35.5. The largest absolute Gasteiger partial charge is 0.341 e. The molecule has 1 unspecified atom stereocenters. The Morgan fingerprint density at radius 2 is 1.76 bits per heavy atom. The van der Waals surface area contributed by atoms with Crippen molar-refractivity contribution in [3.8, 4) is 6.07 Å². The average molecular weight is 406 g/mol. The van der Waals surface area contributed by atoms with E-state index in [4.69, 9.17) is 16.9 Å². The third-order valence-electron chi connectivity index (χ3n) is 4.56. The summed E-state index contributed by atoms with van der Waals surface area (Å²) in [7, 11) is 0. The lowest BCUT2D eigenvalue weighted by Gasteiger charge is -2.18. The van der Waals surface area contributed by atoms with Crippen molar-refractivity contribution in [1.29, 1.82) is 5.26 Å². The molecule has 0 saturated carbocycles. The summed E-state index contributed by atoms with van der Waals surface area (Å²) >= 11 is 5.85. The summed E-state index contributed by atoms with van der Waals surface area (Å²) in [6, 6.07) is 21.9. The summed E-state index contributed by atoms with van der Waals surface area (Å²) in [5, 5.41) is 16.2. The van der Waals surface area contributed by atoms with E-state index in [0.717, 1.165) is 21.9 Å². The highest BCUT2D eigenvalue weighted by Gasteiger charge is 2.22. The van der Waals surface area contributed by atoms with Gasteiger partial charge >= 0.3 is 0 Å². The molecular weight excluding hydrogens is 386 g/mol. The van der Waals surface area contributed by atoms with Crippen molar-refractivity contribution in [2.24, 2.45) is 0 Å². The normalized spacial score (nSPS) is 11.4. The summed E-state index contributed by atoms with van der Waals surface area (Å²) in [6.45, 7) is -0.120. The van der Waals surface area contributed by atoms with Crippen molar-refractivity contribution in [2.45, 2.75) is 18.3 Å². The Hall–Kier alpha value is -3.36. The average Bonchev–Trinajstić information content (AvgIpc) is 2.76. The van der Waals surface area contributed by atoms with Crippen molar-refractivity contribution < 1.29 is 9.59 Å². The molecule has 0 spiro atoms. The van der Waals surface area contributed by atoms with E-state index in [9.17, 15) is 9.59 Å². The van der Waals surface area contributed by atoms with Gasteiger partial charge in [-0.1, -0.05) is 54.6 Å². The Balaban J connectivity index is 1.82. The van der Waals surface area contributed by atoms with Crippen LogP contribution in [0.4, 0.5) is 0 Å². The number of rotatable bonds is 7. The van der Waals surface area contributed by atoms with Gasteiger partial charge < -0.3 is 10.6 Å². The Morgan fingerprint density at radius 3 is 2.52 bits per heavy atom. The number of fused-ring (bicyclic) bond motifs is 1. The second kappa shape index (κ2) is 9.72. The van der Waals surface area contributed by atoms with Gasteiger partial charge in [0, 0.05) is 17.9 Å². The molecule has 3 aromatic carbocycles. The van der Waals surface area contributed by atoms with Crippen LogP contribution in [-0.4, -0.2) is 24.4 Å². The number of nitrogens with one attached hydrogen (secondary N) is 2. The molecule has 2 N–H and O–H groups in total. The number of benzene rings is 3. The van der Waals surface area contributed by atoms with E-state index in [-0.39, 0.29) is 12.5 Å². The minimum absolute atomic E-state index is 0.120. The van der Waals surface area contributed by atoms with Gasteiger partial charge in [-0.2, -0.15) is 5.26 Å². The van der Waals surface area contributed by atoms with Crippen LogP contribution in [0, 0.1) is 11.3 Å². The van der Waals surface area contributed by atoms with E-state index in [1.165, 1.54) is 0 Å². The third-order valence-corrected chi connectivity index (χ3v) is 4.87. The lowest BCUT2D eigenvalue weighted by Crippen LogP contribution is -2.48. The van der Waals surface area contributed by atoms with Crippen molar-refractivity contribution in [3.63, 3.8) is 0 Å². The molecule has 3 aromatic rings. The molecule has 0 aliphatic heterocycles. The number of nitriles is 1. The predicted molar refractivity (Wildman–Crippen MR) is 114 cm³/mol. The van der Waals surface area contributed by atoms with Crippen LogP contribution < -0.4 is 10.6 Å². The fourth-order valence-electron chi connectivity index (χ4n) is 3.10. The lowest BCUT2D eigenvalue weighted by molar-refractivity contribution is -0.122. The number of nitrogens with zero attached hydrogens (tertiary/aromatic N) is 1. The first kappa shape index (κ1) is 20.4. The molecule has 29 heavy (non-hydrogen) atoms. The van der Waals surface area contributed by atoms with Crippen molar-refractivity contribution >= 4 is 34.2 Å². The monoisotopic (exact) mass is 405 g/mol. The maximum absolute atomic E-state index is 12.7. The molecule has 146 valence electrons. The molecule has 0 aliphatic carbocycles. The number of carbonyl (C=O) groups is 2. The molecule has 0 bridgehead atoms. The predicted octanol–water partition coefficient (Wildman–Crippen LogP) is 3.56. The zero-order chi connectivity index (χ0) is 20.6. The maximum Gasteiger partial charge on any atom is 0.251 e. The number of hydrogen-bond donors (Lipinski definition) is 2. The first-order chi connectivity index (χ1) is 14.1. The molecule has 0 fully saturated rings. The van der Waals surface area contributed by atoms with Gasteiger partial charge in [-0.3, -0.25) is 9.59 Å². The van der Waals surface area contributed by atoms with E-state index in [1.54, 1.807) is 18.2 Å². The van der Waals surface area contributed by atoms with Crippen LogP contribution in [0.2, 0.25) is 0 Å². The molecular formula is C23H20ClN3O2. The molecule has 6 heteroatoms. The summed E-state index contributed by atoms with van der Waals surface area (Å²) in [6.07, 6.45) is 0.309. The maximum atomic E-state index is 12.7. The zero-order valence-corrected chi connectivity index (χ0v) is 16.4. The van der Waals surface area contributed by atoms with Crippen LogP contribution in [0.5, 0.6) is 0 Å². The van der Waals surface area contributed by atoms with Crippen LogP contribution >= 0.6 is 11.6 Å². The molecule has 0 aliphatic rings. The van der Waals surface area contributed by atoms with Gasteiger partial charge in [0.25, 0.3) is 5.91 Å². The summed E-state index contributed by atoms with van der Waals surface area (Å²) in [5.74, 6) is -0.471. The van der Waals surface area contributed by atoms with E-state index < -0.39 is 11.9 Å². The molecule has 5 nitrogen and oxygen atoms in total. The summed E-state index contributed by atoms with van der Waals surface area (Å²) in [5.41, 5.74) is 2.16. The van der Waals surface area contributed by atoms with Gasteiger partial charge in [0.15, 0.2) is 0 Å². The smallest absolute Gasteiger partial charge is 0.251 e. The van der Waals surface area contributed by atoms with Crippen LogP contribution in [0.1, 0.15) is 21.5 Å². The van der Waals surface area contributed by atoms with Crippen molar-refractivity contribution in [2.75, 3.05) is 6.54 Å². The first-order valence-electron chi connectivity index (χ1n) is 9.19. The summed E-state index contributed by atoms with van der Waals surface area (Å²) < 4.78 is 0. The second-order valence-corrected chi connectivity index (χ2v) is 6.89. The van der Waals surface area contributed by atoms with E-state index in [0.29, 0.717) is 17.9 Å². The minimum Gasteiger partial charge on any atom is -0.341 e. The Morgan fingerprint density at radius 1 is 0.966 bits per heavy atom. The van der Waals surface area contributed by atoms with Crippen LogP contribution in [0.25, 0.3) is 10.8 Å². The summed E-state index contributed by atoms with van der Waals surface area (Å²) in [4.78, 5) is 25.3. The molecule has 0 saturated heterocycles. The topological polar surface area (TPSA) is 82.0 Å². The van der Waals surface area contributed by atoms with E-state index >= 15 is 0 Å². The minimum atomic E-state index is -0.809. The molecule has 3 rings (SSSR count). The second-order valence-electron chi connectivity index (χ2n) is 6.62. The van der Waals surface area contributed by atoms with Gasteiger partial charge in [0.05, 0.1) is 6.07 Å². The van der Waals surface area contributed by atoms with E-state index in [1.807, 2.05) is 54.6 Å². The molecule has 1 atom stereocenters. The third kappa shape index (κ3) is 5.34. The van der Waals surface area contributed by atoms with E-state index in [2.05, 4.69) is 10.6 Å². The number of carbonyl (C=O) groups excluding carboxylic acids is 2. The highest BCUT2D eigenvalue weighted by Crippen LogP contribution is 2.17. The van der Waals surface area contributed by atoms with Crippen LogP contribution in [0.3, 0.4) is 0 Å². The number of halogens is 1. The van der Waals surface area contributed by atoms with Gasteiger partial charge in [0.1, 0.15) is 12.6 Å². The molecule has 0 heterocycles. The molecule has 2 amide bonds. The standard InChI is InChI=1S/C23H20ClN3O2/c24-15-17-4-3-7-20(13-17)22(28)27-21(23(29)26-11-10-25)14-16-8-9-18-5-1-2-6-19(18)12-16/h1-9,12-13,21H,11,14-15H2,(H,26,29)(H,27,28). The van der Waals surface area contributed by atoms with Gasteiger partial charge in [0.2, 0.25) is 5.91 Å². The van der Waals surface area contributed by atoms with Crippen molar-refractivity contribution in [1.82, 2.24) is 10.6 Å². The number of alkyl halides is 1. The van der Waals surface area contributed by atoms with Gasteiger partial charge in [-0.05, 0) is 34.0 Å². The van der Waals surface area contributed by atoms with Crippen LogP contribution in [0.15, 0.2) is 66.7 Å². The quantitative estimate of drug-likeness (QED) is 0.465. The zero-order valence-electron chi connectivity index (χ0n) is 15.7. The van der Waals surface area contributed by atoms with Crippen molar-refractivity contribution in [3.05, 3.63) is 83.4 Å². The van der Waals surface area contributed by atoms with Gasteiger partial charge in [-0.25, -0.2) is 0 Å². The fraction of sp³-hybridized carbons (Fsp3) is 0.174. The molecule has 0 radical (unpaired) electrons. The highest BCUT2D eigenvalue weighted by molar-refractivity contribution is 6.17. The number of amides is 2. The SMILES string of the molecule is N#CCNC(=O)C(Cc1ccc2ccccc2c1)NC(=O)c1cccc(CCl)c1. The number of hydrogen-bond acceptors (Lipinski definition) is 3. The Bertz CT molecular complexity index is 1070. The fourth-order valence-corrected chi connectivity index (χ4v) is 3.26. The Kier molecular flexibility index (Phi) is 6.83. The van der Waals surface area contributed by atoms with Gasteiger partial charge in [-0.15, -0.1) is 11.6 Å². The first-order valence-corrected chi connectivity index (χ1v) is 9.72. The molecule has 0 aromatic heterocycles. The Labute approximate surface area is 174 Å². The lowest BCUT2D eigenvalue weighted by atomic mass is 10.0.